The van der Waals surface area contributed by atoms with Crippen LogP contribution in [0.15, 0.2) is 18.2 Å². The van der Waals surface area contributed by atoms with Gasteiger partial charge in [-0.3, -0.25) is 0 Å². The number of halogens is 1. The van der Waals surface area contributed by atoms with E-state index in [-0.39, 0.29) is 5.82 Å². The van der Waals surface area contributed by atoms with Gasteiger partial charge < -0.3 is 10.1 Å². The minimum atomic E-state index is -0.273. The van der Waals surface area contributed by atoms with Crippen LogP contribution in [0.4, 0.5) is 4.39 Å². The maximum Gasteiger partial charge on any atom is 0.137 e. The number of fused-ring (bicyclic) bond motifs is 1. The molecule has 0 radical (unpaired) electrons. The van der Waals surface area contributed by atoms with E-state index in [1.165, 1.54) is 17.4 Å². The summed E-state index contributed by atoms with van der Waals surface area (Å²) in [4.78, 5) is 6.04. The number of rotatable bonds is 4. The number of thiazole rings is 1. The van der Waals surface area contributed by atoms with Gasteiger partial charge in [-0.2, -0.15) is 0 Å². The third kappa shape index (κ3) is 2.68. The molecule has 1 aromatic heterocycles. The quantitative estimate of drug-likeness (QED) is 0.937. The van der Waals surface area contributed by atoms with Crippen molar-refractivity contribution in [3.05, 3.63) is 34.6 Å². The number of aromatic nitrogens is 1. The van der Waals surface area contributed by atoms with Crippen LogP contribution in [0.1, 0.15) is 29.3 Å². The standard InChI is InChI=1S/C16H19FN2OS/c1-18-9-10-5-3-8-13-15(10)19-16(21-13)14-11(17)6-4-7-12(14)20-2/h4,6-7,10,18H,3,5,8-9H2,1-2H3. The van der Waals surface area contributed by atoms with Gasteiger partial charge in [-0.1, -0.05) is 6.07 Å². The third-order valence-electron chi connectivity index (χ3n) is 3.93. The van der Waals surface area contributed by atoms with Gasteiger partial charge in [0.15, 0.2) is 0 Å². The van der Waals surface area contributed by atoms with Gasteiger partial charge in [0.2, 0.25) is 0 Å². The van der Waals surface area contributed by atoms with Gasteiger partial charge in [0.1, 0.15) is 16.6 Å². The Morgan fingerprint density at radius 2 is 2.33 bits per heavy atom. The molecule has 0 spiro atoms. The van der Waals surface area contributed by atoms with Crippen LogP contribution in [-0.2, 0) is 6.42 Å². The number of likely N-dealkylation sites (N-methyl/N-ethyl adjacent to an activating group) is 1. The summed E-state index contributed by atoms with van der Waals surface area (Å²) in [5, 5.41) is 3.96. The van der Waals surface area contributed by atoms with Crippen LogP contribution in [0.5, 0.6) is 5.75 Å². The van der Waals surface area contributed by atoms with Crippen molar-refractivity contribution in [3.8, 4) is 16.3 Å². The number of hydrogen-bond donors (Lipinski definition) is 1. The number of aryl methyl sites for hydroxylation is 1. The average molecular weight is 306 g/mol. The summed E-state index contributed by atoms with van der Waals surface area (Å²) in [5.41, 5.74) is 1.63. The van der Waals surface area contributed by atoms with Gasteiger partial charge in [-0.25, -0.2) is 9.37 Å². The lowest BCUT2D eigenvalue weighted by molar-refractivity contribution is 0.413. The summed E-state index contributed by atoms with van der Waals surface area (Å²) in [6.07, 6.45) is 3.37. The Bertz CT molecular complexity index is 641. The van der Waals surface area contributed by atoms with Crippen molar-refractivity contribution in [2.45, 2.75) is 25.2 Å². The monoisotopic (exact) mass is 306 g/mol. The zero-order chi connectivity index (χ0) is 14.8. The molecule has 5 heteroatoms. The van der Waals surface area contributed by atoms with Gasteiger partial charge in [0, 0.05) is 17.3 Å². The van der Waals surface area contributed by atoms with Crippen molar-refractivity contribution in [2.75, 3.05) is 20.7 Å². The molecule has 1 N–H and O–H groups in total. The molecule has 0 fully saturated rings. The molecule has 2 aromatic rings. The number of ether oxygens (including phenoxy) is 1. The third-order valence-corrected chi connectivity index (χ3v) is 5.08. The van der Waals surface area contributed by atoms with E-state index in [0.29, 0.717) is 17.2 Å². The van der Waals surface area contributed by atoms with Crippen LogP contribution in [0.25, 0.3) is 10.6 Å². The fraction of sp³-hybridized carbons (Fsp3) is 0.438. The Labute approximate surface area is 128 Å². The SMILES string of the molecule is CNCC1CCCc2sc(-c3c(F)cccc3OC)nc21. The highest BCUT2D eigenvalue weighted by Crippen LogP contribution is 2.41. The van der Waals surface area contributed by atoms with E-state index in [2.05, 4.69) is 5.32 Å². The van der Waals surface area contributed by atoms with Crippen LogP contribution >= 0.6 is 11.3 Å². The molecule has 0 bridgehead atoms. The molecule has 0 amide bonds. The molecule has 1 unspecified atom stereocenters. The number of methoxy groups -OCH3 is 1. The predicted molar refractivity (Wildman–Crippen MR) is 83.7 cm³/mol. The minimum absolute atomic E-state index is 0.273. The molecule has 3 rings (SSSR count). The Balaban J connectivity index is 2.06. The van der Waals surface area contributed by atoms with E-state index >= 15 is 0 Å². The van der Waals surface area contributed by atoms with Gasteiger partial charge in [0.05, 0.1) is 18.4 Å². The van der Waals surface area contributed by atoms with E-state index in [9.17, 15) is 4.39 Å². The highest BCUT2D eigenvalue weighted by Gasteiger charge is 2.26. The van der Waals surface area contributed by atoms with Crippen molar-refractivity contribution in [3.63, 3.8) is 0 Å². The summed E-state index contributed by atoms with van der Waals surface area (Å²) < 4.78 is 19.5. The molecule has 1 aliphatic carbocycles. The fourth-order valence-corrected chi connectivity index (χ4v) is 4.18. The molecule has 21 heavy (non-hydrogen) atoms. The highest BCUT2D eigenvalue weighted by atomic mass is 32.1. The minimum Gasteiger partial charge on any atom is -0.496 e. The molecular weight excluding hydrogens is 287 g/mol. The molecule has 1 heterocycles. The molecule has 1 atom stereocenters. The lowest BCUT2D eigenvalue weighted by atomic mass is 9.91. The van der Waals surface area contributed by atoms with Gasteiger partial charge in [-0.15, -0.1) is 11.3 Å². The average Bonchev–Trinajstić information content (AvgIpc) is 2.91. The smallest absolute Gasteiger partial charge is 0.137 e. The second-order valence-electron chi connectivity index (χ2n) is 5.29. The van der Waals surface area contributed by atoms with E-state index < -0.39 is 0 Å². The molecule has 112 valence electrons. The molecule has 0 saturated carbocycles. The Kier molecular flexibility index (Phi) is 4.22. The maximum absolute atomic E-state index is 14.2. The first kappa shape index (κ1) is 14.5. The highest BCUT2D eigenvalue weighted by molar-refractivity contribution is 7.15. The van der Waals surface area contributed by atoms with Crippen LogP contribution in [0, 0.1) is 5.82 Å². The molecule has 1 aromatic carbocycles. The van der Waals surface area contributed by atoms with E-state index in [4.69, 9.17) is 9.72 Å². The first-order valence-electron chi connectivity index (χ1n) is 7.21. The zero-order valence-electron chi connectivity index (χ0n) is 12.3. The number of hydrogen-bond acceptors (Lipinski definition) is 4. The molecule has 0 saturated heterocycles. The first-order chi connectivity index (χ1) is 10.2. The second-order valence-corrected chi connectivity index (χ2v) is 6.37. The Morgan fingerprint density at radius 3 is 3.10 bits per heavy atom. The van der Waals surface area contributed by atoms with Crippen molar-refractivity contribution >= 4 is 11.3 Å². The molecule has 1 aliphatic rings. The summed E-state index contributed by atoms with van der Waals surface area (Å²) in [7, 11) is 3.52. The Morgan fingerprint density at radius 1 is 1.48 bits per heavy atom. The van der Waals surface area contributed by atoms with Crippen molar-refractivity contribution in [1.29, 1.82) is 0 Å². The van der Waals surface area contributed by atoms with Crippen LogP contribution in [0.2, 0.25) is 0 Å². The van der Waals surface area contributed by atoms with Crippen LogP contribution < -0.4 is 10.1 Å². The lowest BCUT2D eigenvalue weighted by Gasteiger charge is -2.20. The maximum atomic E-state index is 14.2. The normalized spacial score (nSPS) is 17.6. The van der Waals surface area contributed by atoms with Crippen molar-refractivity contribution in [2.24, 2.45) is 0 Å². The van der Waals surface area contributed by atoms with E-state index in [0.717, 1.165) is 30.1 Å². The first-order valence-corrected chi connectivity index (χ1v) is 8.03. The van der Waals surface area contributed by atoms with E-state index in [1.807, 2.05) is 7.05 Å². The summed E-state index contributed by atoms with van der Waals surface area (Å²) in [6.45, 7) is 0.921. The van der Waals surface area contributed by atoms with E-state index in [1.54, 1.807) is 30.6 Å². The number of nitrogens with zero attached hydrogens (tertiary/aromatic N) is 1. The summed E-state index contributed by atoms with van der Waals surface area (Å²) in [6, 6.07) is 4.90. The van der Waals surface area contributed by atoms with Crippen molar-refractivity contribution in [1.82, 2.24) is 10.3 Å². The molecule has 0 aliphatic heterocycles. The molecule has 3 nitrogen and oxygen atoms in total. The summed E-state index contributed by atoms with van der Waals surface area (Å²) in [5.74, 6) is 0.707. The Hall–Kier alpha value is -1.46. The van der Waals surface area contributed by atoms with Crippen LogP contribution in [0.3, 0.4) is 0 Å². The van der Waals surface area contributed by atoms with Gasteiger partial charge >= 0.3 is 0 Å². The zero-order valence-corrected chi connectivity index (χ0v) is 13.1. The fourth-order valence-electron chi connectivity index (χ4n) is 2.94. The number of nitrogens with one attached hydrogen (secondary N) is 1. The largest absolute Gasteiger partial charge is 0.496 e. The predicted octanol–water partition coefficient (Wildman–Crippen LogP) is 3.60. The second kappa shape index (κ2) is 6.12. The van der Waals surface area contributed by atoms with Crippen molar-refractivity contribution < 1.29 is 9.13 Å². The van der Waals surface area contributed by atoms with Gasteiger partial charge in [-0.05, 0) is 38.4 Å². The number of benzene rings is 1. The topological polar surface area (TPSA) is 34.1 Å². The summed E-state index contributed by atoms with van der Waals surface area (Å²) >= 11 is 1.60. The van der Waals surface area contributed by atoms with Crippen LogP contribution in [-0.4, -0.2) is 25.7 Å². The lowest BCUT2D eigenvalue weighted by Crippen LogP contribution is -2.20. The molecular formula is C16H19FN2OS. The van der Waals surface area contributed by atoms with Gasteiger partial charge in [0.25, 0.3) is 0 Å².